The van der Waals surface area contributed by atoms with E-state index < -0.39 is 23.4 Å². The van der Waals surface area contributed by atoms with Crippen LogP contribution in [0.1, 0.15) is 30.5 Å². The Bertz CT molecular complexity index is 899. The molecular weight excluding hydrogens is 387 g/mol. The van der Waals surface area contributed by atoms with E-state index in [2.05, 4.69) is 10.6 Å². The van der Waals surface area contributed by atoms with Crippen molar-refractivity contribution in [1.29, 1.82) is 0 Å². The minimum atomic E-state index is -4.50. The fourth-order valence-corrected chi connectivity index (χ4v) is 2.69. The summed E-state index contributed by atoms with van der Waals surface area (Å²) in [5, 5.41) is 5.15. The number of benzene rings is 2. The second-order valence-electron chi connectivity index (χ2n) is 6.88. The van der Waals surface area contributed by atoms with E-state index in [9.17, 15) is 18.0 Å². The zero-order chi connectivity index (χ0) is 21.1. The highest BCUT2D eigenvalue weighted by molar-refractivity contribution is 6.00. The molecule has 1 aliphatic rings. The van der Waals surface area contributed by atoms with Crippen molar-refractivity contribution < 1.29 is 27.5 Å². The summed E-state index contributed by atoms with van der Waals surface area (Å²) in [6, 6.07) is 14.0. The molecule has 29 heavy (non-hydrogen) atoms. The van der Waals surface area contributed by atoms with E-state index in [0.29, 0.717) is 0 Å². The van der Waals surface area contributed by atoms with Gasteiger partial charge in [0.25, 0.3) is 5.91 Å². The summed E-state index contributed by atoms with van der Waals surface area (Å²) >= 11 is 0. The first-order valence-electron chi connectivity index (χ1n) is 8.82. The van der Waals surface area contributed by atoms with Crippen LogP contribution in [0.2, 0.25) is 0 Å². The Hall–Kier alpha value is -3.07. The van der Waals surface area contributed by atoms with E-state index in [0.717, 1.165) is 17.7 Å². The average molecular weight is 407 g/mol. The molecule has 0 atom stereocenters. The average Bonchev–Trinajstić information content (AvgIpc) is 2.96. The van der Waals surface area contributed by atoms with Gasteiger partial charge >= 0.3 is 6.18 Å². The molecule has 1 heterocycles. The minimum absolute atomic E-state index is 0.0671. The Morgan fingerprint density at radius 1 is 1.17 bits per heavy atom. The Kier molecular flexibility index (Phi) is 5.78. The lowest BCUT2D eigenvalue weighted by molar-refractivity contribution is -0.140. The van der Waals surface area contributed by atoms with Gasteiger partial charge in [0.05, 0.1) is 12.2 Å². The van der Waals surface area contributed by atoms with E-state index in [4.69, 9.17) is 9.57 Å². The lowest BCUT2D eigenvalue weighted by Crippen LogP contribution is -2.55. The number of alkyl halides is 3. The Morgan fingerprint density at radius 2 is 1.90 bits per heavy atom. The standard InChI is InChI=1S/C20H20F3N3O3/c1-19(2)26(24-17(27)13-28-12-14-7-4-3-5-8-14)18(25-29-19)15-9-6-10-16(11-15)20(21,22)23/h3-11H,12-13H2,1-2H3,(H,24,27). The molecule has 0 aromatic heterocycles. The highest BCUT2D eigenvalue weighted by atomic mass is 19.4. The third kappa shape index (κ3) is 5.05. The largest absolute Gasteiger partial charge is 0.416 e. The van der Waals surface area contributed by atoms with E-state index >= 15 is 0 Å². The number of amides is 1. The normalized spacial score (nSPS) is 15.6. The molecule has 1 N–H and O–H groups in total. The highest BCUT2D eigenvalue weighted by Gasteiger charge is 2.40. The number of nitrogens with one attached hydrogen (secondary N) is 1. The van der Waals surface area contributed by atoms with Crippen LogP contribution < -0.4 is 5.43 Å². The molecule has 6 nitrogen and oxygen atoms in total. The van der Waals surface area contributed by atoms with E-state index in [1.165, 1.54) is 17.1 Å². The number of hydrogen-bond acceptors (Lipinski definition) is 5. The van der Waals surface area contributed by atoms with Crippen molar-refractivity contribution in [3.8, 4) is 0 Å². The van der Waals surface area contributed by atoms with Crippen molar-refractivity contribution >= 4 is 11.7 Å². The lowest BCUT2D eigenvalue weighted by atomic mass is 10.1. The van der Waals surface area contributed by atoms with Crippen molar-refractivity contribution in [1.82, 2.24) is 10.4 Å². The van der Waals surface area contributed by atoms with Crippen molar-refractivity contribution in [2.45, 2.75) is 32.4 Å². The number of nitrogens with zero attached hydrogens (tertiary/aromatic N) is 2. The minimum Gasteiger partial charge on any atom is -0.367 e. The number of amidine groups is 1. The van der Waals surface area contributed by atoms with Gasteiger partial charge in [0.15, 0.2) is 5.84 Å². The summed E-state index contributed by atoms with van der Waals surface area (Å²) in [4.78, 5) is 17.6. The van der Waals surface area contributed by atoms with Crippen LogP contribution in [0.4, 0.5) is 13.2 Å². The van der Waals surface area contributed by atoms with Gasteiger partial charge in [-0.15, -0.1) is 0 Å². The monoisotopic (exact) mass is 407 g/mol. The molecular formula is C20H20F3N3O3. The van der Waals surface area contributed by atoms with Crippen molar-refractivity contribution in [2.75, 3.05) is 6.61 Å². The van der Waals surface area contributed by atoms with Gasteiger partial charge < -0.3 is 9.57 Å². The van der Waals surface area contributed by atoms with Crippen LogP contribution >= 0.6 is 0 Å². The van der Waals surface area contributed by atoms with Crippen molar-refractivity contribution in [3.63, 3.8) is 0 Å². The van der Waals surface area contributed by atoms with E-state index in [1.807, 2.05) is 30.3 Å². The molecule has 0 aliphatic carbocycles. The van der Waals surface area contributed by atoms with Gasteiger partial charge in [-0.05, 0) is 31.5 Å². The van der Waals surface area contributed by atoms with Gasteiger partial charge in [0.2, 0.25) is 5.72 Å². The van der Waals surface area contributed by atoms with Crippen molar-refractivity contribution in [2.24, 2.45) is 5.16 Å². The summed E-state index contributed by atoms with van der Waals surface area (Å²) in [5.41, 5.74) is 1.77. The summed E-state index contributed by atoms with van der Waals surface area (Å²) in [7, 11) is 0. The number of oxime groups is 1. The first-order chi connectivity index (χ1) is 13.7. The molecule has 0 radical (unpaired) electrons. The summed E-state index contributed by atoms with van der Waals surface area (Å²) in [6.45, 7) is 3.27. The van der Waals surface area contributed by atoms with Gasteiger partial charge in [-0.25, -0.2) is 5.01 Å². The van der Waals surface area contributed by atoms with Crippen LogP contribution in [0.15, 0.2) is 59.8 Å². The molecule has 3 rings (SSSR count). The quantitative estimate of drug-likeness (QED) is 0.794. The Balaban J connectivity index is 1.68. The number of halogens is 3. The molecule has 0 bridgehead atoms. The van der Waals surface area contributed by atoms with Crippen LogP contribution in [0.3, 0.4) is 0 Å². The number of hydrogen-bond donors (Lipinski definition) is 1. The maximum absolute atomic E-state index is 13.0. The second kappa shape index (κ2) is 8.12. The van der Waals surface area contributed by atoms with Crippen LogP contribution in [-0.4, -0.2) is 29.1 Å². The van der Waals surface area contributed by atoms with E-state index in [1.54, 1.807) is 13.8 Å². The molecule has 0 saturated heterocycles. The number of carbonyl (C=O) groups excluding carboxylic acids is 1. The molecule has 2 aromatic carbocycles. The van der Waals surface area contributed by atoms with Crippen LogP contribution in [0, 0.1) is 0 Å². The molecule has 1 amide bonds. The first-order valence-corrected chi connectivity index (χ1v) is 8.82. The topological polar surface area (TPSA) is 63.2 Å². The lowest BCUT2D eigenvalue weighted by Gasteiger charge is -2.31. The highest BCUT2D eigenvalue weighted by Crippen LogP contribution is 2.31. The molecule has 0 fully saturated rings. The summed E-state index contributed by atoms with van der Waals surface area (Å²) in [6.07, 6.45) is -4.50. The molecule has 9 heteroatoms. The maximum Gasteiger partial charge on any atom is 0.416 e. The zero-order valence-corrected chi connectivity index (χ0v) is 15.9. The van der Waals surface area contributed by atoms with E-state index in [-0.39, 0.29) is 24.6 Å². The smallest absolute Gasteiger partial charge is 0.367 e. The van der Waals surface area contributed by atoms with Gasteiger partial charge in [0.1, 0.15) is 6.61 Å². The fraction of sp³-hybridized carbons (Fsp3) is 0.300. The number of hydrazine groups is 1. The SMILES string of the molecule is CC1(C)ON=C(c2cccc(C(F)(F)F)c2)N1NC(=O)COCc1ccccc1. The summed E-state index contributed by atoms with van der Waals surface area (Å²) < 4.78 is 44.5. The molecule has 0 unspecified atom stereocenters. The zero-order valence-electron chi connectivity index (χ0n) is 15.9. The molecule has 154 valence electrons. The molecule has 2 aromatic rings. The number of rotatable bonds is 6. The van der Waals surface area contributed by atoms with Gasteiger partial charge in [-0.3, -0.25) is 10.2 Å². The molecule has 0 spiro atoms. The van der Waals surface area contributed by atoms with Crippen LogP contribution in [0.5, 0.6) is 0 Å². The van der Waals surface area contributed by atoms with Crippen LogP contribution in [0.25, 0.3) is 0 Å². The van der Waals surface area contributed by atoms with Gasteiger partial charge in [-0.2, -0.15) is 13.2 Å². The van der Waals surface area contributed by atoms with Gasteiger partial charge in [-0.1, -0.05) is 47.6 Å². The fourth-order valence-electron chi connectivity index (χ4n) is 2.69. The maximum atomic E-state index is 13.0. The van der Waals surface area contributed by atoms with Crippen LogP contribution in [-0.2, 0) is 27.2 Å². The Morgan fingerprint density at radius 3 is 2.59 bits per heavy atom. The van der Waals surface area contributed by atoms with Gasteiger partial charge in [0, 0.05) is 5.56 Å². The third-order valence-corrected chi connectivity index (χ3v) is 4.14. The second-order valence-corrected chi connectivity index (χ2v) is 6.88. The first kappa shape index (κ1) is 20.7. The summed E-state index contributed by atoms with van der Waals surface area (Å²) in [5.74, 6) is -0.420. The molecule has 1 aliphatic heterocycles. The van der Waals surface area contributed by atoms with Crippen molar-refractivity contribution in [3.05, 3.63) is 71.3 Å². The number of ether oxygens (including phenoxy) is 1. The predicted octanol–water partition coefficient (Wildman–Crippen LogP) is 3.68. The third-order valence-electron chi connectivity index (χ3n) is 4.14. The Labute approximate surface area is 165 Å². The predicted molar refractivity (Wildman–Crippen MR) is 99.2 cm³/mol. The molecule has 0 saturated carbocycles. The number of carbonyl (C=O) groups is 1.